The van der Waals surface area contributed by atoms with E-state index in [2.05, 4.69) is 25.6 Å². The van der Waals surface area contributed by atoms with Crippen LogP contribution in [0.4, 0.5) is 10.3 Å². The molecule has 2 aromatic heterocycles. The SMILES string of the molecule is CN(c1ncc(-c2ccc(-c3cnn(C)c3)cc2O)nn1)[C@@H]1C[C@H]2CC[C@H](N2)[C@@H]1F. The van der Waals surface area contributed by atoms with Gasteiger partial charge in [0.25, 0.3) is 0 Å². The van der Waals surface area contributed by atoms with Gasteiger partial charge >= 0.3 is 0 Å². The second kappa shape index (κ2) is 7.32. The topological polar surface area (TPSA) is 92.0 Å². The van der Waals surface area contributed by atoms with Crippen LogP contribution in [0.2, 0.25) is 0 Å². The number of phenols is 1. The Morgan fingerprint density at radius 1 is 1.20 bits per heavy atom. The number of nitrogens with zero attached hydrogens (tertiary/aromatic N) is 6. The first-order valence-corrected chi connectivity index (χ1v) is 10.1. The van der Waals surface area contributed by atoms with Crippen LogP contribution in [0.3, 0.4) is 0 Å². The number of piperidine rings is 1. The summed E-state index contributed by atoms with van der Waals surface area (Å²) < 4.78 is 16.5. The predicted molar refractivity (Wildman–Crippen MR) is 111 cm³/mol. The van der Waals surface area contributed by atoms with Crippen molar-refractivity contribution in [2.24, 2.45) is 7.05 Å². The summed E-state index contributed by atoms with van der Waals surface area (Å²) in [5.41, 5.74) is 2.78. The zero-order chi connectivity index (χ0) is 20.8. The first-order valence-electron chi connectivity index (χ1n) is 10.1. The van der Waals surface area contributed by atoms with Crippen molar-refractivity contribution in [1.29, 1.82) is 0 Å². The molecule has 0 spiro atoms. The zero-order valence-corrected chi connectivity index (χ0v) is 16.9. The molecule has 2 aliphatic rings. The van der Waals surface area contributed by atoms with E-state index in [-0.39, 0.29) is 17.8 Å². The lowest BCUT2D eigenvalue weighted by atomic mass is 9.97. The van der Waals surface area contributed by atoms with Gasteiger partial charge in [-0.15, -0.1) is 10.2 Å². The highest BCUT2D eigenvalue weighted by Crippen LogP contribution is 2.34. The van der Waals surface area contributed by atoms with Crippen LogP contribution in [0.25, 0.3) is 22.4 Å². The van der Waals surface area contributed by atoms with Gasteiger partial charge in [-0.1, -0.05) is 6.07 Å². The van der Waals surface area contributed by atoms with E-state index < -0.39 is 6.17 Å². The van der Waals surface area contributed by atoms with E-state index in [4.69, 9.17) is 0 Å². The third kappa shape index (κ3) is 3.28. The normalized spacial score (nSPS) is 25.4. The number of aromatic hydroxyl groups is 1. The molecule has 8 nitrogen and oxygen atoms in total. The van der Waals surface area contributed by atoms with Gasteiger partial charge in [0.15, 0.2) is 0 Å². The van der Waals surface area contributed by atoms with Crippen molar-refractivity contribution in [3.8, 4) is 28.1 Å². The predicted octanol–water partition coefficient (Wildman–Crippen LogP) is 2.31. The van der Waals surface area contributed by atoms with Crippen LogP contribution in [-0.4, -0.2) is 61.4 Å². The first kappa shape index (κ1) is 18.9. The number of hydrogen-bond acceptors (Lipinski definition) is 7. The molecule has 156 valence electrons. The summed E-state index contributed by atoms with van der Waals surface area (Å²) in [6.45, 7) is 0. The molecule has 30 heavy (non-hydrogen) atoms. The van der Waals surface area contributed by atoms with Gasteiger partial charge in [-0.25, -0.2) is 9.37 Å². The maximum absolute atomic E-state index is 14.8. The third-order valence-electron chi connectivity index (χ3n) is 6.23. The van der Waals surface area contributed by atoms with Gasteiger partial charge in [0.1, 0.15) is 17.6 Å². The van der Waals surface area contributed by atoms with E-state index in [0.29, 0.717) is 23.2 Å². The van der Waals surface area contributed by atoms with E-state index in [1.165, 1.54) is 0 Å². The fourth-order valence-electron chi connectivity index (χ4n) is 4.55. The molecule has 4 heterocycles. The van der Waals surface area contributed by atoms with E-state index in [1.807, 2.05) is 26.4 Å². The molecular weight excluding hydrogens is 385 g/mol. The number of benzene rings is 1. The average Bonchev–Trinajstić information content (AvgIpc) is 3.37. The lowest BCUT2D eigenvalue weighted by Gasteiger charge is -2.38. The standard InChI is InChI=1S/C21H24FN7O/c1-28-11-13(9-24-28)12-3-5-15(19(30)7-12)17-10-23-21(27-26-17)29(2)18-8-14-4-6-16(25-14)20(18)22/h3,5,7,9-11,14,16,18,20,25,30H,4,6,8H2,1-2H3/t14-,16+,18-,20+/m1/s1. The lowest BCUT2D eigenvalue weighted by Crippen LogP contribution is -2.55. The van der Waals surface area contributed by atoms with Crippen LogP contribution >= 0.6 is 0 Å². The van der Waals surface area contributed by atoms with Gasteiger partial charge in [-0.2, -0.15) is 5.10 Å². The molecule has 3 aromatic rings. The summed E-state index contributed by atoms with van der Waals surface area (Å²) in [4.78, 5) is 6.19. The van der Waals surface area contributed by atoms with Crippen LogP contribution in [-0.2, 0) is 7.05 Å². The molecule has 0 unspecified atom stereocenters. The second-order valence-electron chi connectivity index (χ2n) is 8.18. The van der Waals surface area contributed by atoms with Crippen molar-refractivity contribution in [3.05, 3.63) is 36.8 Å². The van der Waals surface area contributed by atoms with Crippen LogP contribution in [0.5, 0.6) is 5.75 Å². The molecule has 0 radical (unpaired) electrons. The second-order valence-corrected chi connectivity index (χ2v) is 8.18. The fourth-order valence-corrected chi connectivity index (χ4v) is 4.55. The summed E-state index contributed by atoms with van der Waals surface area (Å²) in [6, 6.07) is 5.37. The smallest absolute Gasteiger partial charge is 0.245 e. The Bertz CT molecular complexity index is 1050. The monoisotopic (exact) mass is 409 g/mol. The van der Waals surface area contributed by atoms with E-state index in [0.717, 1.165) is 30.4 Å². The number of alkyl halides is 1. The number of aromatic nitrogens is 5. The molecule has 2 bridgehead atoms. The lowest BCUT2D eigenvalue weighted by molar-refractivity contribution is 0.175. The molecular formula is C21H24FN7O. The highest BCUT2D eigenvalue weighted by molar-refractivity contribution is 5.73. The molecule has 2 aliphatic heterocycles. The maximum atomic E-state index is 14.8. The third-order valence-corrected chi connectivity index (χ3v) is 6.23. The molecule has 2 N–H and O–H groups in total. The summed E-state index contributed by atoms with van der Waals surface area (Å²) in [5.74, 6) is 0.478. The van der Waals surface area contributed by atoms with Crippen molar-refractivity contribution in [2.75, 3.05) is 11.9 Å². The molecule has 0 saturated carbocycles. The van der Waals surface area contributed by atoms with Crippen molar-refractivity contribution < 1.29 is 9.50 Å². The first-order chi connectivity index (χ1) is 14.5. The Kier molecular flexibility index (Phi) is 4.62. The number of nitrogens with one attached hydrogen (secondary N) is 1. The Morgan fingerprint density at radius 2 is 2.07 bits per heavy atom. The summed E-state index contributed by atoms with van der Waals surface area (Å²) >= 11 is 0. The summed E-state index contributed by atoms with van der Waals surface area (Å²) in [7, 11) is 3.66. The van der Waals surface area contributed by atoms with Gasteiger partial charge in [0.05, 0.1) is 18.4 Å². The average molecular weight is 409 g/mol. The number of anilines is 1. The van der Waals surface area contributed by atoms with Crippen LogP contribution in [0.1, 0.15) is 19.3 Å². The quantitative estimate of drug-likeness (QED) is 0.683. The van der Waals surface area contributed by atoms with Crippen molar-refractivity contribution in [3.63, 3.8) is 0 Å². The van der Waals surface area contributed by atoms with Crippen molar-refractivity contribution >= 4 is 5.95 Å². The van der Waals surface area contributed by atoms with E-state index in [9.17, 15) is 9.50 Å². The number of phenolic OH excluding ortho intramolecular Hbond substituents is 1. The van der Waals surface area contributed by atoms with E-state index >= 15 is 0 Å². The molecule has 4 atom stereocenters. The van der Waals surface area contributed by atoms with Crippen LogP contribution in [0, 0.1) is 0 Å². The number of rotatable bonds is 4. The molecule has 0 amide bonds. The largest absolute Gasteiger partial charge is 0.507 e. The summed E-state index contributed by atoms with van der Waals surface area (Å²) in [5, 5.41) is 26.5. The minimum Gasteiger partial charge on any atom is -0.507 e. The molecule has 2 saturated heterocycles. The minimum atomic E-state index is -0.957. The fraction of sp³-hybridized carbons (Fsp3) is 0.429. The highest BCUT2D eigenvalue weighted by Gasteiger charge is 2.44. The zero-order valence-electron chi connectivity index (χ0n) is 16.9. The molecule has 9 heteroatoms. The summed E-state index contributed by atoms with van der Waals surface area (Å²) in [6.07, 6.45) is 6.86. The number of aryl methyl sites for hydroxylation is 1. The molecule has 0 aliphatic carbocycles. The Balaban J connectivity index is 1.36. The van der Waals surface area contributed by atoms with Crippen molar-refractivity contribution in [1.82, 2.24) is 30.3 Å². The van der Waals surface area contributed by atoms with Gasteiger partial charge in [0, 0.05) is 43.5 Å². The molecule has 2 fully saturated rings. The Hall–Kier alpha value is -3.07. The minimum absolute atomic E-state index is 0.0845. The highest BCUT2D eigenvalue weighted by atomic mass is 19.1. The van der Waals surface area contributed by atoms with Crippen LogP contribution in [0.15, 0.2) is 36.8 Å². The number of fused-ring (bicyclic) bond motifs is 2. The van der Waals surface area contributed by atoms with Gasteiger partial charge < -0.3 is 15.3 Å². The van der Waals surface area contributed by atoms with Gasteiger partial charge in [-0.3, -0.25) is 4.68 Å². The number of halogens is 1. The Labute approximate surface area is 173 Å². The molecule has 1 aromatic carbocycles. The van der Waals surface area contributed by atoms with Crippen molar-refractivity contribution in [2.45, 2.75) is 43.6 Å². The molecule has 5 rings (SSSR count). The van der Waals surface area contributed by atoms with E-state index in [1.54, 1.807) is 34.1 Å². The van der Waals surface area contributed by atoms with Gasteiger partial charge in [-0.05, 0) is 37.0 Å². The Morgan fingerprint density at radius 3 is 2.77 bits per heavy atom. The maximum Gasteiger partial charge on any atom is 0.245 e. The van der Waals surface area contributed by atoms with Gasteiger partial charge in [0.2, 0.25) is 5.95 Å². The van der Waals surface area contributed by atoms with Crippen LogP contribution < -0.4 is 10.2 Å². The number of hydrogen-bond donors (Lipinski definition) is 2.